The molecule has 5 nitrogen and oxygen atoms in total. The van der Waals surface area contributed by atoms with Crippen LogP contribution in [0.15, 0.2) is 0 Å². The van der Waals surface area contributed by atoms with Gasteiger partial charge in [-0.1, -0.05) is 13.8 Å². The van der Waals surface area contributed by atoms with Crippen molar-refractivity contribution in [2.24, 2.45) is 5.92 Å². The first-order valence-corrected chi connectivity index (χ1v) is 11.5. The fourth-order valence-corrected chi connectivity index (χ4v) is 3.10. The Morgan fingerprint density at radius 3 is 2.45 bits per heavy atom. The van der Waals surface area contributed by atoms with Crippen LogP contribution in [0, 0.1) is 5.92 Å². The summed E-state index contributed by atoms with van der Waals surface area (Å²) in [5.74, 6) is -0.404. The van der Waals surface area contributed by atoms with Gasteiger partial charge in [0.2, 0.25) is 0 Å². The highest BCUT2D eigenvalue weighted by Crippen LogP contribution is 2.13. The molecule has 0 saturated heterocycles. The van der Waals surface area contributed by atoms with Crippen molar-refractivity contribution in [3.63, 3.8) is 0 Å². The molecule has 2 unspecified atom stereocenters. The summed E-state index contributed by atoms with van der Waals surface area (Å²) in [4.78, 5) is 21.7. The zero-order valence-corrected chi connectivity index (χ0v) is 15.9. The lowest BCUT2D eigenvalue weighted by Crippen LogP contribution is -2.28. The van der Waals surface area contributed by atoms with Gasteiger partial charge in [0.05, 0.1) is 25.2 Å². The van der Waals surface area contributed by atoms with Crippen molar-refractivity contribution < 1.29 is 23.8 Å². The fraction of sp³-hybridized carbons (Fsp3) is 0.938. The summed E-state index contributed by atoms with van der Waals surface area (Å²) >= 11 is 0. The Hall–Kier alpha value is -0.433. The minimum atomic E-state index is -2.04. The summed E-state index contributed by atoms with van der Waals surface area (Å²) in [6.45, 7) is 11.9. The Balaban J connectivity index is 4.02. The lowest BCUT2D eigenvalue weighted by molar-refractivity contribution is -0.149. The van der Waals surface area contributed by atoms with Crippen molar-refractivity contribution in [2.75, 3.05) is 26.4 Å². The summed E-state index contributed by atoms with van der Waals surface area (Å²) in [6, 6.07) is 0.751. The van der Waals surface area contributed by atoms with Crippen LogP contribution in [-0.4, -0.2) is 51.6 Å². The molecule has 0 fully saturated rings. The van der Waals surface area contributed by atoms with E-state index in [1.165, 1.54) is 0 Å². The van der Waals surface area contributed by atoms with E-state index in [0.29, 0.717) is 32.8 Å². The second kappa shape index (κ2) is 12.0. The van der Waals surface area contributed by atoms with Crippen LogP contribution in [0.3, 0.4) is 0 Å². The average molecular weight is 335 g/mol. The topological polar surface area (TPSA) is 65.0 Å². The molecule has 0 bridgehead atoms. The fourth-order valence-electron chi connectivity index (χ4n) is 2.09. The molecule has 0 aromatic carbocycles. The van der Waals surface area contributed by atoms with E-state index in [2.05, 4.69) is 6.92 Å². The maximum atomic E-state index is 12.0. The molecule has 0 aromatic rings. The van der Waals surface area contributed by atoms with E-state index >= 15 is 0 Å². The van der Waals surface area contributed by atoms with Gasteiger partial charge in [-0.2, -0.15) is 0 Å². The number of carbonyl (C=O) groups excluding carboxylic acids is 1. The van der Waals surface area contributed by atoms with Crippen LogP contribution in [-0.2, 0) is 19.0 Å². The standard InChI is InChI=1S/C16H34O5Si/c1-6-9-19-13-15(20-7-2)12-14(3)16(17)21-10-8-11-22(4,5)18/h14-15,18H,6-13H2,1-5H3. The van der Waals surface area contributed by atoms with Gasteiger partial charge in [0, 0.05) is 13.2 Å². The second-order valence-electron chi connectivity index (χ2n) is 6.37. The quantitative estimate of drug-likeness (QED) is 0.319. The third kappa shape index (κ3) is 12.1. The molecule has 0 aliphatic rings. The maximum absolute atomic E-state index is 12.0. The van der Waals surface area contributed by atoms with Gasteiger partial charge in [0.15, 0.2) is 8.32 Å². The van der Waals surface area contributed by atoms with Crippen molar-refractivity contribution >= 4 is 14.3 Å². The molecule has 0 saturated carbocycles. The third-order valence-corrected chi connectivity index (χ3v) is 4.83. The molecular formula is C16H34O5Si. The van der Waals surface area contributed by atoms with E-state index in [1.54, 1.807) is 0 Å². The van der Waals surface area contributed by atoms with E-state index in [-0.39, 0.29) is 18.0 Å². The van der Waals surface area contributed by atoms with Gasteiger partial charge in [-0.05, 0) is 45.3 Å². The molecule has 0 aromatic heterocycles. The van der Waals surface area contributed by atoms with Crippen LogP contribution in [0.4, 0.5) is 0 Å². The lowest BCUT2D eigenvalue weighted by atomic mass is 10.0. The van der Waals surface area contributed by atoms with Crippen molar-refractivity contribution in [1.82, 2.24) is 0 Å². The molecule has 0 radical (unpaired) electrons. The molecule has 132 valence electrons. The van der Waals surface area contributed by atoms with Crippen LogP contribution in [0.5, 0.6) is 0 Å². The predicted octanol–water partition coefficient (Wildman–Crippen LogP) is 2.98. The highest BCUT2D eigenvalue weighted by Gasteiger charge is 2.21. The van der Waals surface area contributed by atoms with Gasteiger partial charge in [-0.15, -0.1) is 0 Å². The highest BCUT2D eigenvalue weighted by atomic mass is 28.4. The van der Waals surface area contributed by atoms with Gasteiger partial charge < -0.3 is 19.0 Å². The second-order valence-corrected chi connectivity index (χ2v) is 10.5. The van der Waals surface area contributed by atoms with E-state index in [4.69, 9.17) is 14.2 Å². The third-order valence-electron chi connectivity index (χ3n) is 3.25. The minimum absolute atomic E-state index is 0.0668. The Labute approximate surface area is 136 Å². The van der Waals surface area contributed by atoms with Crippen LogP contribution >= 0.6 is 0 Å². The number of carbonyl (C=O) groups is 1. The molecule has 0 rings (SSSR count). The SMILES string of the molecule is CCCOCC(CC(C)C(=O)OCCC[Si](C)(C)O)OCC. The van der Waals surface area contributed by atoms with Gasteiger partial charge in [0.1, 0.15) is 0 Å². The molecule has 0 aliphatic heterocycles. The van der Waals surface area contributed by atoms with E-state index in [0.717, 1.165) is 18.9 Å². The summed E-state index contributed by atoms with van der Waals surface area (Å²) < 4.78 is 16.4. The molecule has 0 heterocycles. The number of esters is 1. The number of hydrogen-bond donors (Lipinski definition) is 1. The lowest BCUT2D eigenvalue weighted by Gasteiger charge is -2.20. The van der Waals surface area contributed by atoms with Crippen molar-refractivity contribution in [1.29, 1.82) is 0 Å². The van der Waals surface area contributed by atoms with Crippen molar-refractivity contribution in [3.8, 4) is 0 Å². The normalized spacial score (nSPS) is 14.6. The van der Waals surface area contributed by atoms with Crippen LogP contribution in [0.25, 0.3) is 0 Å². The Morgan fingerprint density at radius 2 is 1.91 bits per heavy atom. The molecule has 0 amide bonds. The van der Waals surface area contributed by atoms with E-state index < -0.39 is 8.32 Å². The Kier molecular flexibility index (Phi) is 11.8. The smallest absolute Gasteiger partial charge is 0.308 e. The molecule has 0 aliphatic carbocycles. The molecule has 1 N–H and O–H groups in total. The zero-order chi connectivity index (χ0) is 17.0. The summed E-state index contributed by atoms with van der Waals surface area (Å²) in [5.41, 5.74) is 0. The molecule has 6 heteroatoms. The number of hydrogen-bond acceptors (Lipinski definition) is 5. The van der Waals surface area contributed by atoms with Crippen LogP contribution < -0.4 is 0 Å². The average Bonchev–Trinajstić information content (AvgIpc) is 2.42. The Bertz CT molecular complexity index is 291. The molecule has 0 spiro atoms. The highest BCUT2D eigenvalue weighted by molar-refractivity contribution is 6.69. The molecule has 22 heavy (non-hydrogen) atoms. The van der Waals surface area contributed by atoms with Crippen LogP contribution in [0.1, 0.15) is 40.0 Å². The summed E-state index contributed by atoms with van der Waals surface area (Å²) in [6.07, 6.45) is 2.24. The first-order valence-electron chi connectivity index (χ1n) is 8.38. The monoisotopic (exact) mass is 334 g/mol. The summed E-state index contributed by atoms with van der Waals surface area (Å²) in [5, 5.41) is 0. The number of ether oxygens (including phenoxy) is 3. The first-order chi connectivity index (χ1) is 10.3. The largest absolute Gasteiger partial charge is 0.465 e. The Morgan fingerprint density at radius 1 is 1.23 bits per heavy atom. The predicted molar refractivity (Wildman–Crippen MR) is 90.4 cm³/mol. The van der Waals surface area contributed by atoms with Gasteiger partial charge in [-0.3, -0.25) is 4.79 Å². The van der Waals surface area contributed by atoms with Gasteiger partial charge >= 0.3 is 5.97 Å². The van der Waals surface area contributed by atoms with Gasteiger partial charge in [-0.25, -0.2) is 0 Å². The zero-order valence-electron chi connectivity index (χ0n) is 14.9. The molecule has 2 atom stereocenters. The van der Waals surface area contributed by atoms with Crippen molar-refractivity contribution in [2.45, 2.75) is 65.3 Å². The molecular weight excluding hydrogens is 300 g/mol. The van der Waals surface area contributed by atoms with Crippen LogP contribution in [0.2, 0.25) is 19.1 Å². The van der Waals surface area contributed by atoms with E-state index in [1.807, 2.05) is 26.9 Å². The van der Waals surface area contributed by atoms with Gasteiger partial charge in [0.25, 0.3) is 0 Å². The first kappa shape index (κ1) is 21.6. The van der Waals surface area contributed by atoms with Crippen molar-refractivity contribution in [3.05, 3.63) is 0 Å². The number of rotatable bonds is 13. The van der Waals surface area contributed by atoms with E-state index in [9.17, 15) is 9.59 Å². The minimum Gasteiger partial charge on any atom is -0.465 e. The summed E-state index contributed by atoms with van der Waals surface area (Å²) in [7, 11) is -2.04. The maximum Gasteiger partial charge on any atom is 0.308 e.